The molecule has 5 nitrogen and oxygen atoms in total. The summed E-state index contributed by atoms with van der Waals surface area (Å²) in [4.78, 5) is 24.8. The first-order valence-electron chi connectivity index (χ1n) is 7.06. The number of amides is 1. The molecule has 7 heteroatoms. The number of ether oxygens (including phenoxy) is 1. The van der Waals surface area contributed by atoms with Gasteiger partial charge < -0.3 is 15.2 Å². The van der Waals surface area contributed by atoms with Gasteiger partial charge in [0.25, 0.3) is 5.91 Å². The van der Waals surface area contributed by atoms with Gasteiger partial charge in [-0.15, -0.1) is 0 Å². The minimum Gasteiger partial charge on any atom is -0.497 e. The van der Waals surface area contributed by atoms with Crippen molar-refractivity contribution in [2.24, 2.45) is 0 Å². The summed E-state index contributed by atoms with van der Waals surface area (Å²) in [6.45, 7) is 0. The number of anilines is 1. The van der Waals surface area contributed by atoms with Gasteiger partial charge in [-0.3, -0.25) is 9.59 Å². The van der Waals surface area contributed by atoms with Gasteiger partial charge in [0.2, 0.25) is 0 Å². The van der Waals surface area contributed by atoms with E-state index in [1.165, 1.54) is 19.2 Å². The Hall–Kier alpha value is -2.08. The van der Waals surface area contributed by atoms with Gasteiger partial charge >= 0.3 is 0 Å². The molecule has 0 fully saturated rings. The van der Waals surface area contributed by atoms with E-state index >= 15 is 0 Å². The zero-order valence-electron chi connectivity index (χ0n) is 12.6. The van der Waals surface area contributed by atoms with Gasteiger partial charge in [0.15, 0.2) is 11.4 Å². The number of methoxy groups -OCH3 is 1. The highest BCUT2D eigenvalue weighted by Crippen LogP contribution is 2.46. The fourth-order valence-corrected chi connectivity index (χ4v) is 3.21. The Kier molecular flexibility index (Phi) is 4.25. The molecule has 1 atom stereocenters. The van der Waals surface area contributed by atoms with Crippen molar-refractivity contribution in [2.75, 3.05) is 12.4 Å². The fraction of sp³-hybridized carbons (Fsp3) is 0.176. The minimum atomic E-state index is -2.06. The van der Waals surface area contributed by atoms with Gasteiger partial charge in [-0.05, 0) is 36.4 Å². The SMILES string of the molecule is COc1ccc(C(=O)C[C@]2(O)C(=O)Nc3c(Cl)ccc(Cl)c32)cc1. The number of halogens is 2. The van der Waals surface area contributed by atoms with Gasteiger partial charge in [-0.1, -0.05) is 23.2 Å². The molecule has 1 aliphatic rings. The Bertz CT molecular complexity index is 835. The lowest BCUT2D eigenvalue weighted by molar-refractivity contribution is -0.133. The second-order valence-corrected chi connectivity index (χ2v) is 6.24. The number of benzene rings is 2. The number of Topliss-reactive ketones (excluding diaryl/α,β-unsaturated/α-hetero) is 1. The number of fused-ring (bicyclic) bond motifs is 1. The fourth-order valence-electron chi connectivity index (χ4n) is 2.69. The Balaban J connectivity index is 1.96. The quantitative estimate of drug-likeness (QED) is 0.814. The van der Waals surface area contributed by atoms with E-state index in [-0.39, 0.29) is 21.3 Å². The van der Waals surface area contributed by atoms with Gasteiger partial charge in [0.1, 0.15) is 5.75 Å². The van der Waals surface area contributed by atoms with Gasteiger partial charge in [0.05, 0.1) is 24.2 Å². The van der Waals surface area contributed by atoms with Crippen molar-refractivity contribution in [1.29, 1.82) is 0 Å². The maximum Gasteiger partial charge on any atom is 0.261 e. The second kappa shape index (κ2) is 6.09. The first-order valence-corrected chi connectivity index (χ1v) is 7.82. The van der Waals surface area contributed by atoms with E-state index in [2.05, 4.69) is 5.32 Å². The third-order valence-corrected chi connectivity index (χ3v) is 4.59. The van der Waals surface area contributed by atoms with Crippen LogP contribution in [0.3, 0.4) is 0 Å². The van der Waals surface area contributed by atoms with Gasteiger partial charge in [-0.25, -0.2) is 0 Å². The number of aliphatic hydroxyl groups is 1. The van der Waals surface area contributed by atoms with E-state index in [1.54, 1.807) is 24.3 Å². The first-order chi connectivity index (χ1) is 11.4. The average Bonchev–Trinajstić information content (AvgIpc) is 2.83. The summed E-state index contributed by atoms with van der Waals surface area (Å²) in [5, 5.41) is 13.8. The molecule has 0 bridgehead atoms. The summed E-state index contributed by atoms with van der Waals surface area (Å²) in [6.07, 6.45) is -0.446. The molecular formula is C17H13Cl2NO4. The van der Waals surface area contributed by atoms with Gasteiger partial charge in [-0.2, -0.15) is 0 Å². The molecule has 3 rings (SSSR count). The van der Waals surface area contributed by atoms with Crippen LogP contribution < -0.4 is 10.1 Å². The number of hydrogen-bond acceptors (Lipinski definition) is 4. The molecule has 0 radical (unpaired) electrons. The highest BCUT2D eigenvalue weighted by atomic mass is 35.5. The summed E-state index contributed by atoms with van der Waals surface area (Å²) in [6, 6.07) is 9.38. The van der Waals surface area contributed by atoms with E-state index in [9.17, 15) is 14.7 Å². The molecule has 0 spiro atoms. The lowest BCUT2D eigenvalue weighted by atomic mass is 9.88. The molecule has 24 heavy (non-hydrogen) atoms. The maximum atomic E-state index is 12.5. The molecule has 0 aliphatic carbocycles. The van der Waals surface area contributed by atoms with Crippen LogP contribution in [0.5, 0.6) is 5.75 Å². The van der Waals surface area contributed by atoms with E-state index in [1.807, 2.05) is 0 Å². The van der Waals surface area contributed by atoms with Crippen LogP contribution in [0.4, 0.5) is 5.69 Å². The van der Waals surface area contributed by atoms with Crippen LogP contribution in [-0.4, -0.2) is 23.9 Å². The van der Waals surface area contributed by atoms with Crippen LogP contribution in [0.25, 0.3) is 0 Å². The lowest BCUT2D eigenvalue weighted by Crippen LogP contribution is -2.36. The maximum absolute atomic E-state index is 12.5. The van der Waals surface area contributed by atoms with Crippen LogP contribution in [-0.2, 0) is 10.4 Å². The molecule has 1 heterocycles. The predicted octanol–water partition coefficient (Wildman–Crippen LogP) is 3.41. The third-order valence-electron chi connectivity index (χ3n) is 3.96. The number of carbonyl (C=O) groups is 2. The summed E-state index contributed by atoms with van der Waals surface area (Å²) >= 11 is 12.2. The van der Waals surface area contributed by atoms with E-state index < -0.39 is 23.7 Å². The highest BCUT2D eigenvalue weighted by Gasteiger charge is 2.49. The molecule has 2 aromatic carbocycles. The smallest absolute Gasteiger partial charge is 0.261 e. The predicted molar refractivity (Wildman–Crippen MR) is 90.9 cm³/mol. The highest BCUT2D eigenvalue weighted by molar-refractivity contribution is 6.38. The number of carbonyl (C=O) groups excluding carboxylic acids is 2. The molecule has 0 aromatic heterocycles. The first kappa shape index (κ1) is 16.8. The number of rotatable bonds is 4. The average molecular weight is 366 g/mol. The summed E-state index contributed by atoms with van der Waals surface area (Å²) in [5.41, 5.74) is -1.35. The molecule has 2 N–H and O–H groups in total. The zero-order chi connectivity index (χ0) is 17.5. The molecular weight excluding hydrogens is 353 g/mol. The van der Waals surface area contributed by atoms with Crippen LogP contribution in [0.1, 0.15) is 22.3 Å². The molecule has 1 aliphatic heterocycles. The van der Waals surface area contributed by atoms with E-state index in [0.717, 1.165) is 0 Å². The Morgan fingerprint density at radius 3 is 2.42 bits per heavy atom. The summed E-state index contributed by atoms with van der Waals surface area (Å²) in [7, 11) is 1.52. The molecule has 124 valence electrons. The van der Waals surface area contributed by atoms with Crippen molar-refractivity contribution in [3.8, 4) is 5.75 Å². The molecule has 1 amide bonds. The molecule has 0 saturated heterocycles. The molecule has 0 unspecified atom stereocenters. The van der Waals surface area contributed by atoms with Crippen molar-refractivity contribution < 1.29 is 19.4 Å². The van der Waals surface area contributed by atoms with E-state index in [0.29, 0.717) is 11.3 Å². The monoisotopic (exact) mass is 365 g/mol. The minimum absolute atomic E-state index is 0.128. The van der Waals surface area contributed by atoms with Crippen LogP contribution >= 0.6 is 23.2 Å². The largest absolute Gasteiger partial charge is 0.497 e. The number of nitrogens with one attached hydrogen (secondary N) is 1. The third kappa shape index (κ3) is 2.65. The number of ketones is 1. The normalized spacial score (nSPS) is 18.9. The van der Waals surface area contributed by atoms with Crippen LogP contribution in [0.2, 0.25) is 10.0 Å². The topological polar surface area (TPSA) is 75.6 Å². The van der Waals surface area contributed by atoms with Crippen LogP contribution in [0.15, 0.2) is 36.4 Å². The van der Waals surface area contributed by atoms with Crippen molar-refractivity contribution in [2.45, 2.75) is 12.0 Å². The van der Waals surface area contributed by atoms with Crippen molar-refractivity contribution >= 4 is 40.6 Å². The molecule has 2 aromatic rings. The summed E-state index contributed by atoms with van der Waals surface area (Å²) < 4.78 is 5.04. The van der Waals surface area contributed by atoms with E-state index in [4.69, 9.17) is 27.9 Å². The van der Waals surface area contributed by atoms with Crippen molar-refractivity contribution in [3.05, 3.63) is 57.6 Å². The zero-order valence-corrected chi connectivity index (χ0v) is 14.1. The molecule has 0 saturated carbocycles. The Morgan fingerprint density at radius 2 is 1.79 bits per heavy atom. The lowest BCUT2D eigenvalue weighted by Gasteiger charge is -2.21. The Morgan fingerprint density at radius 1 is 1.17 bits per heavy atom. The Labute approximate surface area is 148 Å². The number of hydrogen-bond donors (Lipinski definition) is 2. The van der Waals surface area contributed by atoms with Crippen molar-refractivity contribution in [1.82, 2.24) is 0 Å². The van der Waals surface area contributed by atoms with Crippen molar-refractivity contribution in [3.63, 3.8) is 0 Å². The standard InChI is InChI=1S/C17H13Cl2NO4/c1-24-10-4-2-9(3-5-10)13(21)8-17(23)14-11(18)6-7-12(19)15(14)20-16(17)22/h2-7,23H,8H2,1H3,(H,20,22)/t17-/m1/s1. The van der Waals surface area contributed by atoms with Crippen LogP contribution in [0, 0.1) is 0 Å². The second-order valence-electron chi connectivity index (χ2n) is 5.42. The van der Waals surface area contributed by atoms with Gasteiger partial charge in [0, 0.05) is 16.1 Å². The summed E-state index contributed by atoms with van der Waals surface area (Å²) in [5.74, 6) is -0.530.